The fourth-order valence-corrected chi connectivity index (χ4v) is 1.67. The van der Waals surface area contributed by atoms with Gasteiger partial charge in [0.25, 0.3) is 0 Å². The SMILES string of the molecule is CC(C)(C)C(=O)OC[C@H](O)c1ccc(C(C)(C)C)cc1. The van der Waals surface area contributed by atoms with Crippen molar-refractivity contribution in [3.8, 4) is 0 Å². The summed E-state index contributed by atoms with van der Waals surface area (Å²) in [6.07, 6.45) is -0.782. The van der Waals surface area contributed by atoms with Crippen molar-refractivity contribution >= 4 is 5.97 Å². The van der Waals surface area contributed by atoms with Gasteiger partial charge in [-0.25, -0.2) is 0 Å². The summed E-state index contributed by atoms with van der Waals surface area (Å²) in [4.78, 5) is 11.7. The first-order valence-electron chi connectivity index (χ1n) is 6.97. The van der Waals surface area contributed by atoms with Crippen molar-refractivity contribution in [1.29, 1.82) is 0 Å². The van der Waals surface area contributed by atoms with Crippen LogP contribution in [0, 0.1) is 5.41 Å². The van der Waals surface area contributed by atoms with Gasteiger partial charge >= 0.3 is 5.97 Å². The summed E-state index contributed by atoms with van der Waals surface area (Å²) in [6.45, 7) is 11.8. The molecule has 1 N–H and O–H groups in total. The monoisotopic (exact) mass is 278 g/mol. The molecule has 20 heavy (non-hydrogen) atoms. The van der Waals surface area contributed by atoms with Crippen molar-refractivity contribution in [3.05, 3.63) is 35.4 Å². The van der Waals surface area contributed by atoms with Crippen molar-refractivity contribution in [2.75, 3.05) is 6.61 Å². The predicted octanol–water partition coefficient (Wildman–Crippen LogP) is 3.61. The summed E-state index contributed by atoms with van der Waals surface area (Å²) in [5.41, 5.74) is 1.51. The number of ether oxygens (including phenoxy) is 1. The quantitative estimate of drug-likeness (QED) is 0.859. The lowest BCUT2D eigenvalue weighted by molar-refractivity contribution is -0.156. The third-order valence-corrected chi connectivity index (χ3v) is 3.15. The van der Waals surface area contributed by atoms with Crippen molar-refractivity contribution < 1.29 is 14.6 Å². The summed E-state index contributed by atoms with van der Waals surface area (Å²) in [5, 5.41) is 10.1. The van der Waals surface area contributed by atoms with Gasteiger partial charge in [-0.15, -0.1) is 0 Å². The van der Waals surface area contributed by atoms with Crippen molar-refractivity contribution in [2.24, 2.45) is 5.41 Å². The molecular weight excluding hydrogens is 252 g/mol. The summed E-state index contributed by atoms with van der Waals surface area (Å²) in [6, 6.07) is 7.78. The Morgan fingerprint density at radius 3 is 2.00 bits per heavy atom. The Morgan fingerprint density at radius 1 is 1.10 bits per heavy atom. The number of hydrogen-bond donors (Lipinski definition) is 1. The highest BCUT2D eigenvalue weighted by atomic mass is 16.5. The molecular formula is C17H26O3. The Bertz CT molecular complexity index is 447. The van der Waals surface area contributed by atoms with Crippen molar-refractivity contribution in [3.63, 3.8) is 0 Å². The lowest BCUT2D eigenvalue weighted by Gasteiger charge is -2.21. The standard InChI is InChI=1S/C17H26O3/c1-16(2,3)13-9-7-12(8-10-13)14(18)11-20-15(19)17(4,5)6/h7-10,14,18H,11H2,1-6H3/t14-/m0/s1. The van der Waals surface area contributed by atoms with E-state index in [1.807, 2.05) is 24.3 Å². The maximum atomic E-state index is 11.7. The van der Waals surface area contributed by atoms with Gasteiger partial charge in [0.15, 0.2) is 0 Å². The summed E-state index contributed by atoms with van der Waals surface area (Å²) < 4.78 is 5.13. The average Bonchev–Trinajstić information content (AvgIpc) is 2.33. The Balaban J connectivity index is 2.65. The van der Waals surface area contributed by atoms with Crippen LogP contribution in [0.1, 0.15) is 58.8 Å². The van der Waals surface area contributed by atoms with Gasteiger partial charge in [0.05, 0.1) is 5.41 Å². The highest BCUT2D eigenvalue weighted by molar-refractivity contribution is 5.75. The fourth-order valence-electron chi connectivity index (χ4n) is 1.67. The number of aliphatic hydroxyl groups is 1. The molecule has 1 aromatic carbocycles. The van der Waals surface area contributed by atoms with E-state index in [4.69, 9.17) is 4.74 Å². The van der Waals surface area contributed by atoms with E-state index in [1.165, 1.54) is 5.56 Å². The van der Waals surface area contributed by atoms with Crippen molar-refractivity contribution in [1.82, 2.24) is 0 Å². The first-order valence-corrected chi connectivity index (χ1v) is 6.97. The molecule has 0 spiro atoms. The molecule has 1 rings (SSSR count). The average molecular weight is 278 g/mol. The van der Waals surface area contributed by atoms with Gasteiger partial charge < -0.3 is 9.84 Å². The van der Waals surface area contributed by atoms with Gasteiger partial charge in [0.2, 0.25) is 0 Å². The molecule has 0 fully saturated rings. The zero-order valence-corrected chi connectivity index (χ0v) is 13.4. The predicted molar refractivity (Wildman–Crippen MR) is 80.5 cm³/mol. The molecule has 0 aliphatic carbocycles. The minimum absolute atomic E-state index is 0.00896. The minimum Gasteiger partial charge on any atom is -0.462 e. The molecule has 0 saturated carbocycles. The molecule has 112 valence electrons. The van der Waals surface area contributed by atoms with Gasteiger partial charge in [0.1, 0.15) is 12.7 Å². The van der Waals surface area contributed by atoms with Gasteiger partial charge in [0, 0.05) is 0 Å². The summed E-state index contributed by atoms with van der Waals surface area (Å²) >= 11 is 0. The van der Waals surface area contributed by atoms with E-state index in [0.29, 0.717) is 0 Å². The maximum absolute atomic E-state index is 11.7. The molecule has 0 aliphatic rings. The lowest BCUT2D eigenvalue weighted by atomic mass is 9.86. The molecule has 0 unspecified atom stereocenters. The molecule has 3 nitrogen and oxygen atoms in total. The molecule has 0 heterocycles. The van der Waals surface area contributed by atoms with Crippen LogP contribution in [-0.4, -0.2) is 17.7 Å². The molecule has 0 aromatic heterocycles. The molecule has 3 heteroatoms. The molecule has 0 aliphatic heterocycles. The second kappa shape index (κ2) is 5.96. The van der Waals surface area contributed by atoms with Crippen LogP contribution in [0.15, 0.2) is 24.3 Å². The Morgan fingerprint density at radius 2 is 1.60 bits per heavy atom. The number of benzene rings is 1. The van der Waals surface area contributed by atoms with E-state index in [-0.39, 0.29) is 18.0 Å². The number of carbonyl (C=O) groups excluding carboxylic acids is 1. The molecule has 0 bridgehead atoms. The molecule has 0 saturated heterocycles. The van der Waals surface area contributed by atoms with Crippen LogP contribution in [0.4, 0.5) is 0 Å². The van der Waals surface area contributed by atoms with Crippen LogP contribution >= 0.6 is 0 Å². The molecule has 0 amide bonds. The maximum Gasteiger partial charge on any atom is 0.311 e. The summed E-state index contributed by atoms with van der Waals surface area (Å²) in [7, 11) is 0. The minimum atomic E-state index is -0.782. The van der Waals surface area contributed by atoms with Crippen molar-refractivity contribution in [2.45, 2.75) is 53.1 Å². The van der Waals surface area contributed by atoms with Crippen LogP contribution in [0.25, 0.3) is 0 Å². The normalized spacial score (nSPS) is 13.9. The van der Waals surface area contributed by atoms with Gasteiger partial charge in [-0.1, -0.05) is 45.0 Å². The summed E-state index contributed by atoms with van der Waals surface area (Å²) in [5.74, 6) is -0.303. The first kappa shape index (κ1) is 16.7. The van der Waals surface area contributed by atoms with Gasteiger partial charge in [-0.05, 0) is 37.3 Å². The largest absolute Gasteiger partial charge is 0.462 e. The van der Waals surface area contributed by atoms with E-state index >= 15 is 0 Å². The number of rotatable bonds is 3. The van der Waals surface area contributed by atoms with Crippen LogP contribution in [-0.2, 0) is 14.9 Å². The third-order valence-electron chi connectivity index (χ3n) is 3.15. The number of aliphatic hydroxyl groups excluding tert-OH is 1. The zero-order chi connectivity index (χ0) is 15.6. The second-order valence-electron chi connectivity index (χ2n) is 7.24. The molecule has 0 radical (unpaired) electrons. The fraction of sp³-hybridized carbons (Fsp3) is 0.588. The Kier molecular flexibility index (Phi) is 4.98. The number of carbonyl (C=O) groups is 1. The van der Waals surface area contributed by atoms with Gasteiger partial charge in [-0.3, -0.25) is 4.79 Å². The van der Waals surface area contributed by atoms with Crippen LogP contribution in [0.2, 0.25) is 0 Å². The topological polar surface area (TPSA) is 46.5 Å². The highest BCUT2D eigenvalue weighted by Gasteiger charge is 2.24. The number of esters is 1. The van der Waals surface area contributed by atoms with E-state index in [9.17, 15) is 9.90 Å². The van der Waals surface area contributed by atoms with Crippen LogP contribution < -0.4 is 0 Å². The Hall–Kier alpha value is -1.35. The van der Waals surface area contributed by atoms with E-state index in [2.05, 4.69) is 20.8 Å². The lowest BCUT2D eigenvalue weighted by Crippen LogP contribution is -2.25. The zero-order valence-electron chi connectivity index (χ0n) is 13.4. The smallest absolute Gasteiger partial charge is 0.311 e. The highest BCUT2D eigenvalue weighted by Crippen LogP contribution is 2.24. The number of hydrogen-bond acceptors (Lipinski definition) is 3. The third kappa shape index (κ3) is 4.64. The first-order chi connectivity index (χ1) is 9.01. The van der Waals surface area contributed by atoms with Crippen LogP contribution in [0.3, 0.4) is 0 Å². The van der Waals surface area contributed by atoms with Crippen LogP contribution in [0.5, 0.6) is 0 Å². The molecule has 1 atom stereocenters. The molecule has 1 aromatic rings. The van der Waals surface area contributed by atoms with E-state index < -0.39 is 11.5 Å². The van der Waals surface area contributed by atoms with Gasteiger partial charge in [-0.2, -0.15) is 0 Å². The van der Waals surface area contributed by atoms with E-state index in [0.717, 1.165) is 5.56 Å². The Labute approximate surface area is 122 Å². The second-order valence-corrected chi connectivity index (χ2v) is 7.24. The van der Waals surface area contributed by atoms with E-state index in [1.54, 1.807) is 20.8 Å².